The van der Waals surface area contributed by atoms with Gasteiger partial charge in [0, 0.05) is 6.54 Å². The third kappa shape index (κ3) is 5.24. The van der Waals surface area contributed by atoms with Crippen molar-refractivity contribution >= 4 is 5.91 Å². The van der Waals surface area contributed by atoms with E-state index in [4.69, 9.17) is 4.74 Å². The van der Waals surface area contributed by atoms with Crippen molar-refractivity contribution in [1.29, 1.82) is 0 Å². The average molecular weight is 277 g/mol. The highest BCUT2D eigenvalue weighted by atomic mass is 16.5. The first-order valence-electron chi connectivity index (χ1n) is 7.60. The predicted molar refractivity (Wildman–Crippen MR) is 83.2 cm³/mol. The van der Waals surface area contributed by atoms with Gasteiger partial charge < -0.3 is 10.1 Å². The van der Waals surface area contributed by atoms with Crippen LogP contribution in [0.5, 0.6) is 5.75 Å². The number of aryl methyl sites for hydroxylation is 2. The van der Waals surface area contributed by atoms with Gasteiger partial charge in [0.25, 0.3) is 5.91 Å². The molecule has 0 aliphatic carbocycles. The van der Waals surface area contributed by atoms with Crippen LogP contribution >= 0.6 is 0 Å². The summed E-state index contributed by atoms with van der Waals surface area (Å²) >= 11 is 0. The fourth-order valence-corrected chi connectivity index (χ4v) is 2.01. The van der Waals surface area contributed by atoms with E-state index in [0.717, 1.165) is 42.7 Å². The van der Waals surface area contributed by atoms with Crippen LogP contribution in [0.4, 0.5) is 0 Å². The van der Waals surface area contributed by atoms with Gasteiger partial charge in [-0.15, -0.1) is 0 Å². The molecule has 1 N–H and O–H groups in total. The van der Waals surface area contributed by atoms with Crippen LogP contribution in [0.25, 0.3) is 0 Å². The maximum Gasteiger partial charge on any atom is 0.261 e. The normalized spacial score (nSPS) is 12.0. The van der Waals surface area contributed by atoms with Gasteiger partial charge >= 0.3 is 0 Å². The molecule has 1 aromatic carbocycles. The Bertz CT molecular complexity index is 429. The van der Waals surface area contributed by atoms with Crippen LogP contribution in [0.2, 0.25) is 0 Å². The van der Waals surface area contributed by atoms with E-state index in [2.05, 4.69) is 12.2 Å². The molecule has 0 fully saturated rings. The smallest absolute Gasteiger partial charge is 0.261 e. The monoisotopic (exact) mass is 277 g/mol. The Morgan fingerprint density at radius 3 is 2.65 bits per heavy atom. The van der Waals surface area contributed by atoms with Crippen molar-refractivity contribution in [3.05, 3.63) is 29.3 Å². The number of hydrogen-bond acceptors (Lipinski definition) is 2. The summed E-state index contributed by atoms with van der Waals surface area (Å²) in [5.41, 5.74) is 2.21. The van der Waals surface area contributed by atoms with Gasteiger partial charge in [0.1, 0.15) is 5.75 Å². The van der Waals surface area contributed by atoms with Crippen molar-refractivity contribution in [1.82, 2.24) is 5.32 Å². The molecule has 3 heteroatoms. The van der Waals surface area contributed by atoms with Gasteiger partial charge in [-0.05, 0) is 43.9 Å². The first kappa shape index (κ1) is 16.5. The van der Waals surface area contributed by atoms with Crippen molar-refractivity contribution in [2.24, 2.45) is 0 Å². The van der Waals surface area contributed by atoms with E-state index in [-0.39, 0.29) is 5.91 Å². The number of rotatable bonds is 8. The van der Waals surface area contributed by atoms with Gasteiger partial charge in [0.2, 0.25) is 0 Å². The van der Waals surface area contributed by atoms with Crippen LogP contribution in [-0.4, -0.2) is 18.6 Å². The third-order valence-electron chi connectivity index (χ3n) is 3.36. The topological polar surface area (TPSA) is 38.3 Å². The number of nitrogens with one attached hydrogen (secondary N) is 1. The Kier molecular flexibility index (Phi) is 7.13. The van der Waals surface area contributed by atoms with Gasteiger partial charge in [0.05, 0.1) is 0 Å². The molecule has 0 bridgehead atoms. The molecule has 112 valence electrons. The van der Waals surface area contributed by atoms with Crippen LogP contribution in [0.3, 0.4) is 0 Å². The van der Waals surface area contributed by atoms with Crippen molar-refractivity contribution in [3.8, 4) is 5.75 Å². The molecule has 0 heterocycles. The SMILES string of the molecule is CCCCCNC(=O)[C@H](CC)Oc1cc(C)ccc1C. The summed E-state index contributed by atoms with van der Waals surface area (Å²) < 4.78 is 5.88. The van der Waals surface area contributed by atoms with Crippen molar-refractivity contribution < 1.29 is 9.53 Å². The Morgan fingerprint density at radius 1 is 1.25 bits per heavy atom. The summed E-state index contributed by atoms with van der Waals surface area (Å²) in [4.78, 5) is 12.1. The van der Waals surface area contributed by atoms with Gasteiger partial charge in [-0.1, -0.05) is 38.8 Å². The highest BCUT2D eigenvalue weighted by Gasteiger charge is 2.18. The second-order valence-corrected chi connectivity index (χ2v) is 5.28. The molecule has 0 unspecified atom stereocenters. The highest BCUT2D eigenvalue weighted by molar-refractivity contribution is 5.81. The number of hydrogen-bond donors (Lipinski definition) is 1. The van der Waals surface area contributed by atoms with Crippen molar-refractivity contribution in [2.75, 3.05) is 6.54 Å². The second-order valence-electron chi connectivity index (χ2n) is 5.28. The largest absolute Gasteiger partial charge is 0.480 e. The molecule has 1 aromatic rings. The molecule has 0 saturated heterocycles. The lowest BCUT2D eigenvalue weighted by atomic mass is 10.1. The molecular formula is C17H27NO2. The van der Waals surface area contributed by atoms with Crippen LogP contribution in [-0.2, 0) is 4.79 Å². The van der Waals surface area contributed by atoms with E-state index in [1.807, 2.05) is 39.0 Å². The van der Waals surface area contributed by atoms with Gasteiger partial charge in [-0.3, -0.25) is 4.79 Å². The minimum atomic E-state index is -0.405. The van der Waals surface area contributed by atoms with E-state index >= 15 is 0 Å². The van der Waals surface area contributed by atoms with Crippen LogP contribution in [0, 0.1) is 13.8 Å². The van der Waals surface area contributed by atoms with E-state index in [1.54, 1.807) is 0 Å². The maximum absolute atomic E-state index is 12.1. The molecule has 1 amide bonds. The summed E-state index contributed by atoms with van der Waals surface area (Å²) in [5, 5.41) is 2.96. The summed E-state index contributed by atoms with van der Waals surface area (Å²) in [6.45, 7) is 8.89. The van der Waals surface area contributed by atoms with Crippen LogP contribution < -0.4 is 10.1 Å². The number of carbonyl (C=O) groups is 1. The highest BCUT2D eigenvalue weighted by Crippen LogP contribution is 2.21. The number of benzene rings is 1. The fraction of sp³-hybridized carbons (Fsp3) is 0.588. The predicted octanol–water partition coefficient (Wildman–Crippen LogP) is 3.77. The molecule has 0 radical (unpaired) electrons. The van der Waals surface area contributed by atoms with Crippen molar-refractivity contribution in [3.63, 3.8) is 0 Å². The summed E-state index contributed by atoms with van der Waals surface area (Å²) in [6, 6.07) is 6.06. The molecule has 0 aromatic heterocycles. The molecule has 1 atom stereocenters. The minimum absolute atomic E-state index is 0.00971. The quantitative estimate of drug-likeness (QED) is 0.735. The Labute approximate surface area is 122 Å². The Morgan fingerprint density at radius 2 is 2.00 bits per heavy atom. The molecule has 0 aliphatic heterocycles. The third-order valence-corrected chi connectivity index (χ3v) is 3.36. The lowest BCUT2D eigenvalue weighted by Crippen LogP contribution is -2.38. The van der Waals surface area contributed by atoms with Crippen LogP contribution in [0.15, 0.2) is 18.2 Å². The maximum atomic E-state index is 12.1. The standard InChI is InChI=1S/C17H27NO2/c1-5-7-8-11-18-17(19)15(6-2)20-16-12-13(3)9-10-14(16)4/h9-10,12,15H,5-8,11H2,1-4H3,(H,18,19)/t15-/m0/s1. The van der Waals surface area contributed by atoms with Crippen LogP contribution in [0.1, 0.15) is 50.7 Å². The zero-order valence-corrected chi connectivity index (χ0v) is 13.2. The van der Waals surface area contributed by atoms with Gasteiger partial charge in [-0.25, -0.2) is 0 Å². The molecule has 0 spiro atoms. The summed E-state index contributed by atoms with van der Waals surface area (Å²) in [7, 11) is 0. The average Bonchev–Trinajstić information content (AvgIpc) is 2.44. The zero-order valence-electron chi connectivity index (χ0n) is 13.2. The number of unbranched alkanes of at least 4 members (excludes halogenated alkanes) is 2. The van der Waals surface area contributed by atoms with Gasteiger partial charge in [0.15, 0.2) is 6.10 Å². The lowest BCUT2D eigenvalue weighted by molar-refractivity contribution is -0.128. The second kappa shape index (κ2) is 8.62. The Balaban J connectivity index is 2.57. The zero-order chi connectivity index (χ0) is 15.0. The molecule has 0 saturated carbocycles. The first-order valence-corrected chi connectivity index (χ1v) is 7.60. The summed E-state index contributed by atoms with van der Waals surface area (Å²) in [5.74, 6) is 0.796. The van der Waals surface area contributed by atoms with E-state index < -0.39 is 6.10 Å². The molecule has 1 rings (SSSR count). The minimum Gasteiger partial charge on any atom is -0.480 e. The molecular weight excluding hydrogens is 250 g/mol. The molecule has 0 aliphatic rings. The molecule has 3 nitrogen and oxygen atoms in total. The fourth-order valence-electron chi connectivity index (χ4n) is 2.01. The first-order chi connectivity index (χ1) is 9.58. The number of amides is 1. The molecule has 20 heavy (non-hydrogen) atoms. The Hall–Kier alpha value is -1.51. The van der Waals surface area contributed by atoms with E-state index in [9.17, 15) is 4.79 Å². The lowest BCUT2D eigenvalue weighted by Gasteiger charge is -2.19. The van der Waals surface area contributed by atoms with Crippen molar-refractivity contribution in [2.45, 2.75) is 59.5 Å². The number of carbonyl (C=O) groups excluding carboxylic acids is 1. The summed E-state index contributed by atoms with van der Waals surface area (Å²) in [6.07, 6.45) is 3.60. The number of ether oxygens (including phenoxy) is 1. The van der Waals surface area contributed by atoms with E-state index in [0.29, 0.717) is 6.42 Å². The van der Waals surface area contributed by atoms with Gasteiger partial charge in [-0.2, -0.15) is 0 Å². The van der Waals surface area contributed by atoms with E-state index in [1.165, 1.54) is 0 Å².